The number of para-hydroxylation sites is 3. The fourth-order valence-electron chi connectivity index (χ4n) is 3.92. The zero-order valence-electron chi connectivity index (χ0n) is 16.0. The standard InChI is InChI=1S/C22H26N4O/c1-24(2)13-8-14-25-20-12-7-6-11-19(20)23-22(25)17-15-21(27)26(16-17)18-9-4-3-5-10-18/h3-7,9-12,17H,8,13-16H2,1-2H3/t17-/m0/s1. The van der Waals surface area contributed by atoms with Crippen LogP contribution in [0.2, 0.25) is 0 Å². The van der Waals surface area contributed by atoms with Crippen molar-refractivity contribution in [1.29, 1.82) is 0 Å². The Morgan fingerprint density at radius 2 is 1.81 bits per heavy atom. The van der Waals surface area contributed by atoms with Gasteiger partial charge < -0.3 is 14.4 Å². The first-order chi connectivity index (χ1) is 13.1. The minimum Gasteiger partial charge on any atom is -0.328 e. The summed E-state index contributed by atoms with van der Waals surface area (Å²) < 4.78 is 2.32. The molecule has 0 bridgehead atoms. The largest absolute Gasteiger partial charge is 0.328 e. The molecule has 1 aliphatic rings. The molecule has 1 aliphatic heterocycles. The summed E-state index contributed by atoms with van der Waals surface area (Å²) in [6.45, 7) is 2.65. The number of carbonyl (C=O) groups is 1. The van der Waals surface area contributed by atoms with Gasteiger partial charge in [0.05, 0.1) is 11.0 Å². The van der Waals surface area contributed by atoms with Crippen molar-refractivity contribution < 1.29 is 4.79 Å². The number of anilines is 1. The van der Waals surface area contributed by atoms with E-state index in [9.17, 15) is 4.79 Å². The van der Waals surface area contributed by atoms with E-state index in [2.05, 4.69) is 41.8 Å². The van der Waals surface area contributed by atoms with Gasteiger partial charge in [-0.15, -0.1) is 0 Å². The molecule has 0 N–H and O–H groups in total. The summed E-state index contributed by atoms with van der Waals surface area (Å²) in [5.74, 6) is 1.35. The van der Waals surface area contributed by atoms with Gasteiger partial charge in [0.1, 0.15) is 5.82 Å². The summed E-state index contributed by atoms with van der Waals surface area (Å²) in [5, 5.41) is 0. The third kappa shape index (κ3) is 3.60. The fourth-order valence-corrected chi connectivity index (χ4v) is 3.92. The maximum absolute atomic E-state index is 12.7. The van der Waals surface area contributed by atoms with Crippen molar-refractivity contribution in [3.8, 4) is 0 Å². The molecule has 1 aromatic heterocycles. The number of imidazole rings is 1. The Hall–Kier alpha value is -2.66. The first-order valence-corrected chi connectivity index (χ1v) is 9.59. The van der Waals surface area contributed by atoms with Crippen molar-refractivity contribution in [3.05, 3.63) is 60.4 Å². The highest BCUT2D eigenvalue weighted by Gasteiger charge is 2.34. The van der Waals surface area contributed by atoms with E-state index in [1.165, 1.54) is 0 Å². The van der Waals surface area contributed by atoms with Crippen molar-refractivity contribution in [1.82, 2.24) is 14.5 Å². The van der Waals surface area contributed by atoms with Gasteiger partial charge in [0.25, 0.3) is 0 Å². The molecule has 4 rings (SSSR count). The number of hydrogen-bond donors (Lipinski definition) is 0. The van der Waals surface area contributed by atoms with Gasteiger partial charge in [-0.3, -0.25) is 4.79 Å². The minimum absolute atomic E-state index is 0.129. The number of nitrogens with zero attached hydrogens (tertiary/aromatic N) is 4. The maximum atomic E-state index is 12.7. The average Bonchev–Trinajstić information content (AvgIpc) is 3.23. The third-order valence-electron chi connectivity index (χ3n) is 5.23. The van der Waals surface area contributed by atoms with E-state index < -0.39 is 0 Å². The molecule has 0 aliphatic carbocycles. The second-order valence-corrected chi connectivity index (χ2v) is 7.51. The van der Waals surface area contributed by atoms with Gasteiger partial charge in [-0.2, -0.15) is 0 Å². The Kier molecular flexibility index (Phi) is 4.94. The maximum Gasteiger partial charge on any atom is 0.227 e. The monoisotopic (exact) mass is 362 g/mol. The van der Waals surface area contributed by atoms with Crippen molar-refractivity contribution in [2.75, 3.05) is 32.1 Å². The van der Waals surface area contributed by atoms with Crippen LogP contribution in [-0.2, 0) is 11.3 Å². The van der Waals surface area contributed by atoms with Crippen LogP contribution in [0.1, 0.15) is 24.6 Å². The molecule has 2 aromatic carbocycles. The van der Waals surface area contributed by atoms with Crippen LogP contribution in [0.15, 0.2) is 54.6 Å². The van der Waals surface area contributed by atoms with Crippen LogP contribution in [-0.4, -0.2) is 47.5 Å². The lowest BCUT2D eigenvalue weighted by Gasteiger charge is -2.18. The van der Waals surface area contributed by atoms with Crippen LogP contribution in [0.25, 0.3) is 11.0 Å². The van der Waals surface area contributed by atoms with Crippen molar-refractivity contribution in [3.63, 3.8) is 0 Å². The SMILES string of the molecule is CN(C)CCCn1c([C@H]2CC(=O)N(c3ccccc3)C2)nc2ccccc21. The van der Waals surface area contributed by atoms with Crippen LogP contribution >= 0.6 is 0 Å². The smallest absolute Gasteiger partial charge is 0.227 e. The molecule has 1 saturated heterocycles. The topological polar surface area (TPSA) is 41.4 Å². The van der Waals surface area contributed by atoms with E-state index >= 15 is 0 Å². The zero-order chi connectivity index (χ0) is 18.8. The zero-order valence-corrected chi connectivity index (χ0v) is 16.0. The van der Waals surface area contributed by atoms with Crippen molar-refractivity contribution >= 4 is 22.6 Å². The van der Waals surface area contributed by atoms with E-state index in [0.717, 1.165) is 42.1 Å². The highest BCUT2D eigenvalue weighted by Crippen LogP contribution is 2.33. The number of aromatic nitrogens is 2. The Morgan fingerprint density at radius 3 is 2.59 bits per heavy atom. The summed E-state index contributed by atoms with van der Waals surface area (Å²) in [6, 6.07) is 18.2. The van der Waals surface area contributed by atoms with E-state index in [4.69, 9.17) is 4.98 Å². The van der Waals surface area contributed by atoms with E-state index in [1.54, 1.807) is 0 Å². The quantitative estimate of drug-likeness (QED) is 0.674. The molecule has 3 aromatic rings. The summed E-state index contributed by atoms with van der Waals surface area (Å²) in [4.78, 5) is 21.7. The predicted octanol–water partition coefficient (Wildman–Crippen LogP) is 3.51. The van der Waals surface area contributed by atoms with Gasteiger partial charge in [0.15, 0.2) is 0 Å². The second kappa shape index (κ2) is 7.53. The van der Waals surface area contributed by atoms with E-state index in [-0.39, 0.29) is 11.8 Å². The molecule has 0 spiro atoms. The van der Waals surface area contributed by atoms with Crippen LogP contribution in [0.4, 0.5) is 5.69 Å². The predicted molar refractivity (Wildman–Crippen MR) is 109 cm³/mol. The molecular formula is C22H26N4O. The lowest BCUT2D eigenvalue weighted by atomic mass is 10.1. The molecule has 140 valence electrons. The third-order valence-corrected chi connectivity index (χ3v) is 5.23. The summed E-state index contributed by atoms with van der Waals surface area (Å²) in [6.07, 6.45) is 1.58. The lowest BCUT2D eigenvalue weighted by Crippen LogP contribution is -2.24. The summed E-state index contributed by atoms with van der Waals surface area (Å²) in [5.41, 5.74) is 3.15. The van der Waals surface area contributed by atoms with Gasteiger partial charge in [0, 0.05) is 31.1 Å². The molecule has 1 amide bonds. The molecule has 27 heavy (non-hydrogen) atoms. The second-order valence-electron chi connectivity index (χ2n) is 7.51. The Morgan fingerprint density at radius 1 is 1.07 bits per heavy atom. The number of amides is 1. The van der Waals surface area contributed by atoms with Gasteiger partial charge >= 0.3 is 0 Å². The molecule has 5 heteroatoms. The number of benzene rings is 2. The fraction of sp³-hybridized carbons (Fsp3) is 0.364. The first kappa shape index (κ1) is 17.7. The van der Waals surface area contributed by atoms with Gasteiger partial charge in [-0.05, 0) is 51.3 Å². The molecule has 0 unspecified atom stereocenters. The van der Waals surface area contributed by atoms with Crippen LogP contribution in [0, 0.1) is 0 Å². The average molecular weight is 362 g/mol. The lowest BCUT2D eigenvalue weighted by molar-refractivity contribution is -0.117. The highest BCUT2D eigenvalue weighted by molar-refractivity contribution is 5.96. The molecule has 0 saturated carbocycles. The van der Waals surface area contributed by atoms with Crippen LogP contribution in [0.3, 0.4) is 0 Å². The molecule has 2 heterocycles. The highest BCUT2D eigenvalue weighted by atomic mass is 16.2. The van der Waals surface area contributed by atoms with Gasteiger partial charge in [-0.1, -0.05) is 30.3 Å². The Labute approximate surface area is 160 Å². The number of rotatable bonds is 6. The van der Waals surface area contributed by atoms with Crippen LogP contribution < -0.4 is 4.90 Å². The number of carbonyl (C=O) groups excluding carboxylic acids is 1. The Bertz CT molecular complexity index is 932. The van der Waals surface area contributed by atoms with Crippen molar-refractivity contribution in [2.45, 2.75) is 25.3 Å². The molecule has 0 radical (unpaired) electrons. The normalized spacial score (nSPS) is 17.4. The molecule has 5 nitrogen and oxygen atoms in total. The van der Waals surface area contributed by atoms with Gasteiger partial charge in [0.2, 0.25) is 5.91 Å². The van der Waals surface area contributed by atoms with Crippen LogP contribution in [0.5, 0.6) is 0 Å². The summed E-state index contributed by atoms with van der Waals surface area (Å²) >= 11 is 0. The summed E-state index contributed by atoms with van der Waals surface area (Å²) in [7, 11) is 4.20. The number of aryl methyl sites for hydroxylation is 1. The van der Waals surface area contributed by atoms with Gasteiger partial charge in [-0.25, -0.2) is 4.98 Å². The molecule has 1 fully saturated rings. The molecular weight excluding hydrogens is 336 g/mol. The van der Waals surface area contributed by atoms with Crippen molar-refractivity contribution in [2.24, 2.45) is 0 Å². The number of fused-ring (bicyclic) bond motifs is 1. The molecule has 1 atom stereocenters. The Balaban J connectivity index is 1.64. The minimum atomic E-state index is 0.129. The van der Waals surface area contributed by atoms with E-state index in [0.29, 0.717) is 13.0 Å². The van der Waals surface area contributed by atoms with E-state index in [1.807, 2.05) is 41.3 Å². The number of hydrogen-bond acceptors (Lipinski definition) is 3. The first-order valence-electron chi connectivity index (χ1n) is 9.59.